The molecule has 16 heteroatoms. The summed E-state index contributed by atoms with van der Waals surface area (Å²) in [5.74, 6) is -5.22. The molecule has 2 radical (unpaired) electrons. The fourth-order valence-corrected chi connectivity index (χ4v) is 1.66. The third-order valence-electron chi connectivity index (χ3n) is 3.09. The van der Waals surface area contributed by atoms with Crippen LogP contribution in [0.15, 0.2) is 0 Å². The van der Waals surface area contributed by atoms with E-state index < -0.39 is 35.8 Å². The first-order valence-corrected chi connectivity index (χ1v) is 9.19. The molecule has 0 saturated heterocycles. The largest absolute Gasteiger partial charge is 0.481 e. The second-order valence-corrected chi connectivity index (χ2v) is 5.98. The van der Waals surface area contributed by atoms with Crippen LogP contribution in [0.25, 0.3) is 0 Å². The quantitative estimate of drug-likeness (QED) is 0.120. The number of carbonyl (C=O) groups is 6. The number of hydrogen-bond acceptors (Lipinski definition) is 6. The van der Waals surface area contributed by atoms with Gasteiger partial charge in [-0.05, 0) is 38.5 Å². The summed E-state index contributed by atoms with van der Waals surface area (Å²) in [7, 11) is 0. The van der Waals surface area contributed by atoms with Gasteiger partial charge in [-0.1, -0.05) is 0 Å². The SMILES string of the molecule is O.O.O=C(O)CCCCC(=O)O.O=C(O)CCCCC(=O)O.O=C(O)CCCCC(=O)O.[Na].[Na]. The Morgan fingerprint density at radius 3 is 0.471 bits per heavy atom. The van der Waals surface area contributed by atoms with Crippen molar-refractivity contribution in [2.45, 2.75) is 77.0 Å². The standard InChI is InChI=1S/3C6H10O4.2Na.2H2O/c3*7-5(8)3-1-2-4-6(9)10;;;;/h3*1-4H2,(H,7,8)(H,9,10);;;2*1H2. The monoisotopic (exact) mass is 520 g/mol. The van der Waals surface area contributed by atoms with E-state index in [1.165, 1.54) is 0 Å². The number of carboxylic acids is 6. The van der Waals surface area contributed by atoms with E-state index in [1.54, 1.807) is 0 Å². The predicted molar refractivity (Wildman–Crippen MR) is 120 cm³/mol. The van der Waals surface area contributed by atoms with Gasteiger partial charge in [-0.25, -0.2) is 0 Å². The third kappa shape index (κ3) is 69.8. The van der Waals surface area contributed by atoms with Crippen molar-refractivity contribution < 1.29 is 70.4 Å². The second kappa shape index (κ2) is 36.3. The summed E-state index contributed by atoms with van der Waals surface area (Å²) >= 11 is 0. The van der Waals surface area contributed by atoms with Crippen LogP contribution in [0.2, 0.25) is 0 Å². The molecule has 0 rings (SSSR count). The van der Waals surface area contributed by atoms with Gasteiger partial charge in [0.05, 0.1) is 0 Å². The second-order valence-electron chi connectivity index (χ2n) is 5.98. The van der Waals surface area contributed by atoms with Crippen molar-refractivity contribution in [2.75, 3.05) is 0 Å². The molecule has 0 atom stereocenters. The first-order chi connectivity index (χ1) is 13.9. The van der Waals surface area contributed by atoms with E-state index in [-0.39, 0.29) is 109 Å². The van der Waals surface area contributed by atoms with Crippen LogP contribution in [0, 0.1) is 0 Å². The molecular weight excluding hydrogens is 486 g/mol. The van der Waals surface area contributed by atoms with Crippen LogP contribution < -0.4 is 0 Å². The number of unbranched alkanes of at least 4 members (excludes halogenated alkanes) is 3. The Hall–Kier alpha value is -1.26. The Kier molecular flexibility index (Phi) is 53.2. The molecule has 192 valence electrons. The van der Waals surface area contributed by atoms with Crippen LogP contribution in [0.5, 0.6) is 0 Å². The van der Waals surface area contributed by atoms with E-state index in [0.717, 1.165) is 0 Å². The normalized spacial score (nSPS) is 8.12. The first kappa shape index (κ1) is 49.8. The van der Waals surface area contributed by atoms with Gasteiger partial charge in [0.1, 0.15) is 0 Å². The van der Waals surface area contributed by atoms with E-state index in [2.05, 4.69) is 0 Å². The number of aliphatic carboxylic acids is 6. The van der Waals surface area contributed by atoms with Gasteiger partial charge in [-0.3, -0.25) is 28.8 Å². The molecule has 14 nitrogen and oxygen atoms in total. The summed E-state index contributed by atoms with van der Waals surface area (Å²) in [6.07, 6.45) is 3.05. The predicted octanol–water partition coefficient (Wildman–Crippen LogP) is -0.263. The molecule has 0 aromatic carbocycles. The molecule has 0 unspecified atom stereocenters. The minimum Gasteiger partial charge on any atom is -0.481 e. The van der Waals surface area contributed by atoms with E-state index >= 15 is 0 Å². The van der Waals surface area contributed by atoms with Crippen LogP contribution in [0.1, 0.15) is 77.0 Å². The molecule has 0 amide bonds. The average Bonchev–Trinajstić information content (AvgIpc) is 2.60. The van der Waals surface area contributed by atoms with Gasteiger partial charge in [0.2, 0.25) is 0 Å². The van der Waals surface area contributed by atoms with Crippen LogP contribution in [0.3, 0.4) is 0 Å². The van der Waals surface area contributed by atoms with Crippen molar-refractivity contribution in [2.24, 2.45) is 0 Å². The number of hydrogen-bond donors (Lipinski definition) is 6. The van der Waals surface area contributed by atoms with Crippen molar-refractivity contribution in [3.8, 4) is 0 Å². The molecule has 0 aromatic rings. The van der Waals surface area contributed by atoms with Crippen molar-refractivity contribution >= 4 is 94.9 Å². The van der Waals surface area contributed by atoms with E-state index in [1.807, 2.05) is 0 Å². The van der Waals surface area contributed by atoms with Gasteiger partial charge >= 0.3 is 35.8 Å². The molecule has 0 aromatic heterocycles. The topological polar surface area (TPSA) is 287 Å². The summed E-state index contributed by atoms with van der Waals surface area (Å²) in [6, 6.07) is 0. The maximum Gasteiger partial charge on any atom is 0.303 e. The van der Waals surface area contributed by atoms with Crippen molar-refractivity contribution in [1.29, 1.82) is 0 Å². The molecule has 0 saturated carbocycles. The minimum absolute atomic E-state index is 0. The Morgan fingerprint density at radius 2 is 0.412 bits per heavy atom. The summed E-state index contributed by atoms with van der Waals surface area (Å²) in [6.45, 7) is 0. The smallest absolute Gasteiger partial charge is 0.303 e. The van der Waals surface area contributed by atoms with Crippen molar-refractivity contribution in [3.63, 3.8) is 0 Å². The molecule has 0 aliphatic rings. The number of carboxylic acid groups (broad SMARTS) is 6. The summed E-state index contributed by atoms with van der Waals surface area (Å²) in [5.41, 5.74) is 0. The molecule has 0 bridgehead atoms. The van der Waals surface area contributed by atoms with Gasteiger partial charge in [0, 0.05) is 97.6 Å². The van der Waals surface area contributed by atoms with Crippen molar-refractivity contribution in [1.82, 2.24) is 0 Å². The van der Waals surface area contributed by atoms with E-state index in [9.17, 15) is 28.8 Å². The molecular formula is C18H34Na2O14. The zero-order chi connectivity index (χ0) is 23.9. The molecule has 34 heavy (non-hydrogen) atoms. The summed E-state index contributed by atoms with van der Waals surface area (Å²) in [4.78, 5) is 59.4. The Labute approximate surface area is 240 Å². The van der Waals surface area contributed by atoms with Crippen LogP contribution in [-0.2, 0) is 28.8 Å². The maximum absolute atomic E-state index is 9.90. The molecule has 0 fully saturated rings. The summed E-state index contributed by atoms with van der Waals surface area (Å²) < 4.78 is 0. The zero-order valence-corrected chi connectivity index (χ0v) is 23.6. The van der Waals surface area contributed by atoms with Crippen LogP contribution in [-0.4, -0.2) is 137 Å². The summed E-state index contributed by atoms with van der Waals surface area (Å²) in [5, 5.41) is 48.8. The Balaban J connectivity index is -0.0000000607. The van der Waals surface area contributed by atoms with E-state index in [0.29, 0.717) is 38.5 Å². The maximum atomic E-state index is 9.90. The molecule has 0 heterocycles. The van der Waals surface area contributed by atoms with Gasteiger partial charge in [-0.15, -0.1) is 0 Å². The molecule has 0 aliphatic heterocycles. The van der Waals surface area contributed by atoms with Crippen molar-refractivity contribution in [3.05, 3.63) is 0 Å². The molecule has 10 N–H and O–H groups in total. The Morgan fingerprint density at radius 1 is 0.324 bits per heavy atom. The first-order valence-electron chi connectivity index (χ1n) is 9.19. The Bertz CT molecular complexity index is 431. The van der Waals surface area contributed by atoms with Gasteiger partial charge in [-0.2, -0.15) is 0 Å². The van der Waals surface area contributed by atoms with Gasteiger partial charge in [0.25, 0.3) is 0 Å². The zero-order valence-electron chi connectivity index (χ0n) is 19.6. The minimum atomic E-state index is -0.870. The van der Waals surface area contributed by atoms with Gasteiger partial charge < -0.3 is 41.6 Å². The fourth-order valence-electron chi connectivity index (χ4n) is 1.66. The van der Waals surface area contributed by atoms with Crippen LogP contribution >= 0.6 is 0 Å². The molecule has 0 aliphatic carbocycles. The molecule has 0 spiro atoms. The fraction of sp³-hybridized carbons (Fsp3) is 0.667. The van der Waals surface area contributed by atoms with Gasteiger partial charge in [0.15, 0.2) is 0 Å². The number of rotatable bonds is 15. The third-order valence-corrected chi connectivity index (χ3v) is 3.09. The average molecular weight is 520 g/mol. The van der Waals surface area contributed by atoms with Crippen LogP contribution in [0.4, 0.5) is 0 Å². The van der Waals surface area contributed by atoms with E-state index in [4.69, 9.17) is 30.6 Å².